The zero-order valence-electron chi connectivity index (χ0n) is 13.3. The van der Waals surface area contributed by atoms with Crippen LogP contribution in [0.3, 0.4) is 0 Å². The first-order valence-corrected chi connectivity index (χ1v) is 7.62. The molecule has 1 heterocycles. The first-order chi connectivity index (χ1) is 11.1. The van der Waals surface area contributed by atoms with Crippen LogP contribution in [-0.4, -0.2) is 31.4 Å². The molecule has 0 spiro atoms. The first kappa shape index (κ1) is 15.3. The lowest BCUT2D eigenvalue weighted by Crippen LogP contribution is -2.35. The SMILES string of the molecule is CN(C)C[C@H](NC(=O)c1cc2ccccc2o1)c1ccccc1. The third kappa shape index (κ3) is 3.60. The number of rotatable bonds is 5. The fourth-order valence-electron chi connectivity index (χ4n) is 2.61. The molecule has 0 aliphatic rings. The van der Waals surface area contributed by atoms with Gasteiger partial charge in [0.15, 0.2) is 5.76 Å². The lowest BCUT2D eigenvalue weighted by atomic mass is 10.1. The predicted octanol–water partition coefficient (Wildman–Crippen LogP) is 3.47. The molecule has 4 nitrogen and oxygen atoms in total. The second kappa shape index (κ2) is 6.67. The number of para-hydroxylation sites is 1. The number of carbonyl (C=O) groups excluding carboxylic acids is 1. The van der Waals surface area contributed by atoms with E-state index in [0.717, 1.165) is 23.1 Å². The Bertz CT molecular complexity index is 760. The highest BCUT2D eigenvalue weighted by molar-refractivity contribution is 5.96. The molecule has 0 fully saturated rings. The van der Waals surface area contributed by atoms with Crippen molar-refractivity contribution < 1.29 is 9.21 Å². The molecule has 0 bridgehead atoms. The van der Waals surface area contributed by atoms with E-state index in [-0.39, 0.29) is 11.9 Å². The molecule has 3 rings (SSSR count). The summed E-state index contributed by atoms with van der Waals surface area (Å²) in [6.45, 7) is 0.718. The predicted molar refractivity (Wildman–Crippen MR) is 91.4 cm³/mol. The standard InChI is InChI=1S/C19H20N2O2/c1-21(2)13-16(14-8-4-3-5-9-14)20-19(22)18-12-15-10-6-7-11-17(15)23-18/h3-12,16H,13H2,1-2H3,(H,20,22)/t16-/m0/s1. The zero-order valence-corrected chi connectivity index (χ0v) is 13.3. The van der Waals surface area contributed by atoms with E-state index in [9.17, 15) is 4.79 Å². The van der Waals surface area contributed by atoms with E-state index in [0.29, 0.717) is 5.76 Å². The largest absolute Gasteiger partial charge is 0.451 e. The maximum Gasteiger partial charge on any atom is 0.287 e. The topological polar surface area (TPSA) is 45.5 Å². The Hall–Kier alpha value is -2.59. The molecule has 0 saturated carbocycles. The van der Waals surface area contributed by atoms with Crippen LogP contribution in [0.5, 0.6) is 0 Å². The van der Waals surface area contributed by atoms with Crippen molar-refractivity contribution in [2.24, 2.45) is 0 Å². The highest BCUT2D eigenvalue weighted by atomic mass is 16.3. The molecular weight excluding hydrogens is 288 g/mol. The molecule has 3 aromatic rings. The van der Waals surface area contributed by atoms with E-state index in [2.05, 4.69) is 10.2 Å². The number of nitrogens with one attached hydrogen (secondary N) is 1. The number of fused-ring (bicyclic) bond motifs is 1. The molecule has 0 aliphatic heterocycles. The van der Waals surface area contributed by atoms with E-state index in [1.165, 1.54) is 0 Å². The quantitative estimate of drug-likeness (QED) is 0.785. The highest BCUT2D eigenvalue weighted by Gasteiger charge is 2.19. The van der Waals surface area contributed by atoms with Crippen LogP contribution in [0.25, 0.3) is 11.0 Å². The van der Waals surface area contributed by atoms with Crippen LogP contribution >= 0.6 is 0 Å². The minimum absolute atomic E-state index is 0.0908. The molecule has 2 aromatic carbocycles. The fourth-order valence-corrected chi connectivity index (χ4v) is 2.61. The van der Waals surface area contributed by atoms with Crippen LogP contribution in [0.2, 0.25) is 0 Å². The summed E-state index contributed by atoms with van der Waals surface area (Å²) in [6.07, 6.45) is 0. The second-order valence-corrected chi connectivity index (χ2v) is 5.85. The molecule has 0 unspecified atom stereocenters. The van der Waals surface area contributed by atoms with Gasteiger partial charge in [-0.3, -0.25) is 4.79 Å². The monoisotopic (exact) mass is 308 g/mol. The summed E-state index contributed by atoms with van der Waals surface area (Å²) in [7, 11) is 3.98. The molecule has 1 atom stereocenters. The van der Waals surface area contributed by atoms with Gasteiger partial charge < -0.3 is 14.6 Å². The van der Waals surface area contributed by atoms with Gasteiger partial charge in [-0.1, -0.05) is 48.5 Å². The smallest absolute Gasteiger partial charge is 0.287 e. The summed E-state index contributed by atoms with van der Waals surface area (Å²) in [5.74, 6) is 0.141. The molecule has 23 heavy (non-hydrogen) atoms. The summed E-state index contributed by atoms with van der Waals surface area (Å²) in [4.78, 5) is 14.6. The van der Waals surface area contributed by atoms with Crippen molar-refractivity contribution in [1.82, 2.24) is 10.2 Å². The van der Waals surface area contributed by atoms with E-state index >= 15 is 0 Å². The van der Waals surface area contributed by atoms with Crippen LogP contribution in [0.15, 0.2) is 65.1 Å². The van der Waals surface area contributed by atoms with Gasteiger partial charge in [0.05, 0.1) is 6.04 Å². The van der Waals surface area contributed by atoms with Crippen molar-refractivity contribution in [3.8, 4) is 0 Å². The van der Waals surface area contributed by atoms with E-state index in [4.69, 9.17) is 4.42 Å². The molecule has 0 aliphatic carbocycles. The van der Waals surface area contributed by atoms with Crippen molar-refractivity contribution in [2.45, 2.75) is 6.04 Å². The summed E-state index contributed by atoms with van der Waals surface area (Å²) in [6, 6.07) is 19.3. The lowest BCUT2D eigenvalue weighted by molar-refractivity contribution is 0.0904. The van der Waals surface area contributed by atoms with Gasteiger partial charge in [0.1, 0.15) is 5.58 Å². The van der Waals surface area contributed by atoms with Crippen molar-refractivity contribution in [3.05, 3.63) is 72.0 Å². The number of nitrogens with zero attached hydrogens (tertiary/aromatic N) is 1. The van der Waals surface area contributed by atoms with Crippen molar-refractivity contribution in [1.29, 1.82) is 0 Å². The number of likely N-dealkylation sites (N-methyl/N-ethyl adjacent to an activating group) is 1. The molecule has 1 N–H and O–H groups in total. The summed E-state index contributed by atoms with van der Waals surface area (Å²) < 4.78 is 5.65. The summed E-state index contributed by atoms with van der Waals surface area (Å²) in [5, 5.41) is 4.00. The van der Waals surface area contributed by atoms with E-state index < -0.39 is 0 Å². The van der Waals surface area contributed by atoms with E-state index in [1.807, 2.05) is 68.7 Å². The summed E-state index contributed by atoms with van der Waals surface area (Å²) >= 11 is 0. The molecule has 0 saturated heterocycles. The minimum atomic E-state index is -0.197. The molecule has 1 aromatic heterocycles. The van der Waals surface area contributed by atoms with Crippen molar-refractivity contribution in [3.63, 3.8) is 0 Å². The normalized spacial score (nSPS) is 12.5. The third-order valence-electron chi connectivity index (χ3n) is 3.70. The van der Waals surface area contributed by atoms with E-state index in [1.54, 1.807) is 6.07 Å². The lowest BCUT2D eigenvalue weighted by Gasteiger charge is -2.22. The van der Waals surface area contributed by atoms with Crippen LogP contribution in [0, 0.1) is 0 Å². The van der Waals surface area contributed by atoms with Gasteiger partial charge in [-0.2, -0.15) is 0 Å². The Kier molecular flexibility index (Phi) is 4.44. The van der Waals surface area contributed by atoms with Gasteiger partial charge in [-0.15, -0.1) is 0 Å². The van der Waals surface area contributed by atoms with Crippen LogP contribution in [0.4, 0.5) is 0 Å². The van der Waals surface area contributed by atoms with Gasteiger partial charge in [-0.25, -0.2) is 0 Å². The Morgan fingerprint density at radius 1 is 1.09 bits per heavy atom. The molecular formula is C19H20N2O2. The van der Waals surface area contributed by atoms with Gasteiger partial charge >= 0.3 is 0 Å². The van der Waals surface area contributed by atoms with Crippen molar-refractivity contribution in [2.75, 3.05) is 20.6 Å². The molecule has 118 valence electrons. The Labute approximate surface area is 135 Å². The highest BCUT2D eigenvalue weighted by Crippen LogP contribution is 2.20. The maximum absolute atomic E-state index is 12.6. The zero-order chi connectivity index (χ0) is 16.2. The number of carbonyl (C=O) groups is 1. The van der Waals surface area contributed by atoms with Gasteiger partial charge in [0.25, 0.3) is 5.91 Å². The molecule has 0 radical (unpaired) electrons. The average Bonchev–Trinajstić information content (AvgIpc) is 2.99. The first-order valence-electron chi connectivity index (χ1n) is 7.62. The van der Waals surface area contributed by atoms with Crippen LogP contribution in [0.1, 0.15) is 22.2 Å². The second-order valence-electron chi connectivity index (χ2n) is 5.85. The fraction of sp³-hybridized carbons (Fsp3) is 0.211. The molecule has 4 heteroatoms. The Balaban J connectivity index is 1.82. The number of amides is 1. The number of hydrogen-bond donors (Lipinski definition) is 1. The van der Waals surface area contributed by atoms with Gasteiger partial charge in [0.2, 0.25) is 0 Å². The molecule has 1 amide bonds. The number of benzene rings is 2. The maximum atomic E-state index is 12.6. The Morgan fingerprint density at radius 3 is 2.48 bits per heavy atom. The van der Waals surface area contributed by atoms with Crippen LogP contribution < -0.4 is 5.32 Å². The minimum Gasteiger partial charge on any atom is -0.451 e. The Morgan fingerprint density at radius 2 is 1.78 bits per heavy atom. The average molecular weight is 308 g/mol. The number of furan rings is 1. The third-order valence-corrected chi connectivity index (χ3v) is 3.70. The van der Waals surface area contributed by atoms with Crippen molar-refractivity contribution >= 4 is 16.9 Å². The van der Waals surface area contributed by atoms with Crippen LogP contribution in [-0.2, 0) is 0 Å². The van der Waals surface area contributed by atoms with Gasteiger partial charge in [0, 0.05) is 11.9 Å². The van der Waals surface area contributed by atoms with Gasteiger partial charge in [-0.05, 0) is 31.8 Å². The number of hydrogen-bond acceptors (Lipinski definition) is 3. The summed E-state index contributed by atoms with van der Waals surface area (Å²) in [5.41, 5.74) is 1.80.